The van der Waals surface area contributed by atoms with Gasteiger partial charge in [0.2, 0.25) is 5.75 Å². The molecule has 2 aromatic rings. The Hall–Kier alpha value is -2.69. The van der Waals surface area contributed by atoms with Crippen molar-refractivity contribution < 1.29 is 19.0 Å². The average Bonchev–Trinajstić information content (AvgIpc) is 2.60. The van der Waals surface area contributed by atoms with Crippen molar-refractivity contribution in [1.29, 1.82) is 0 Å². The first kappa shape index (κ1) is 16.7. The molecular formula is C18H21NO4. The number of hydrogen-bond donors (Lipinski definition) is 1. The Morgan fingerprint density at radius 3 is 2.17 bits per heavy atom. The van der Waals surface area contributed by atoms with Gasteiger partial charge in [0, 0.05) is 0 Å². The molecule has 0 heterocycles. The van der Waals surface area contributed by atoms with Crippen molar-refractivity contribution in [2.24, 2.45) is 0 Å². The van der Waals surface area contributed by atoms with Crippen molar-refractivity contribution in [2.45, 2.75) is 13.0 Å². The summed E-state index contributed by atoms with van der Waals surface area (Å²) in [6, 6.07) is 15.0. The molecule has 0 aromatic heterocycles. The highest BCUT2D eigenvalue weighted by atomic mass is 16.5. The highest BCUT2D eigenvalue weighted by molar-refractivity contribution is 5.78. The first-order valence-corrected chi connectivity index (χ1v) is 7.33. The van der Waals surface area contributed by atoms with Gasteiger partial charge in [-0.1, -0.05) is 36.4 Å². The zero-order valence-electron chi connectivity index (χ0n) is 13.5. The Kier molecular flexibility index (Phi) is 5.86. The van der Waals surface area contributed by atoms with Gasteiger partial charge >= 0.3 is 0 Å². The molecule has 0 fully saturated rings. The van der Waals surface area contributed by atoms with Gasteiger partial charge in [0.05, 0.1) is 20.3 Å². The van der Waals surface area contributed by atoms with Crippen LogP contribution in [-0.4, -0.2) is 26.7 Å². The number of carbonyl (C=O) groups is 1. The van der Waals surface area contributed by atoms with Gasteiger partial charge in [-0.2, -0.15) is 0 Å². The van der Waals surface area contributed by atoms with Crippen molar-refractivity contribution in [2.75, 3.05) is 20.8 Å². The summed E-state index contributed by atoms with van der Waals surface area (Å²) in [6.45, 7) is 1.81. The second-order valence-corrected chi connectivity index (χ2v) is 4.98. The molecule has 23 heavy (non-hydrogen) atoms. The van der Waals surface area contributed by atoms with Gasteiger partial charge in [0.25, 0.3) is 5.91 Å². The summed E-state index contributed by atoms with van der Waals surface area (Å²) >= 11 is 0. The maximum Gasteiger partial charge on any atom is 0.258 e. The zero-order chi connectivity index (χ0) is 16.7. The Balaban J connectivity index is 1.97. The maximum atomic E-state index is 12.1. The fraction of sp³-hybridized carbons (Fsp3) is 0.278. The van der Waals surface area contributed by atoms with Gasteiger partial charge < -0.3 is 19.5 Å². The Labute approximate surface area is 136 Å². The summed E-state index contributed by atoms with van der Waals surface area (Å²) in [4.78, 5) is 12.1. The average molecular weight is 315 g/mol. The first-order chi connectivity index (χ1) is 11.2. The number of ether oxygens (including phenoxy) is 3. The van der Waals surface area contributed by atoms with E-state index in [1.165, 1.54) is 0 Å². The van der Waals surface area contributed by atoms with Crippen molar-refractivity contribution in [3.63, 3.8) is 0 Å². The standard InChI is InChI=1S/C18H21NO4/c1-13(14-8-5-4-6-9-14)19-17(20)12-23-18-15(21-2)10-7-11-16(18)22-3/h4-11,13H,12H2,1-3H3,(H,19,20)/t13-/m1/s1. The van der Waals surface area contributed by atoms with Gasteiger partial charge in [-0.05, 0) is 24.6 Å². The van der Waals surface area contributed by atoms with Crippen LogP contribution >= 0.6 is 0 Å². The van der Waals surface area contributed by atoms with Crippen molar-refractivity contribution >= 4 is 5.91 Å². The molecule has 0 bridgehead atoms. The number of para-hydroxylation sites is 1. The predicted octanol–water partition coefficient (Wildman–Crippen LogP) is 2.96. The molecule has 1 atom stereocenters. The smallest absolute Gasteiger partial charge is 0.258 e. The van der Waals surface area contributed by atoms with Crippen LogP contribution in [-0.2, 0) is 4.79 Å². The van der Waals surface area contributed by atoms with Crippen molar-refractivity contribution in [3.05, 3.63) is 54.1 Å². The quantitative estimate of drug-likeness (QED) is 0.853. The lowest BCUT2D eigenvalue weighted by molar-refractivity contribution is -0.123. The van der Waals surface area contributed by atoms with E-state index in [4.69, 9.17) is 14.2 Å². The lowest BCUT2D eigenvalue weighted by atomic mass is 10.1. The van der Waals surface area contributed by atoms with Gasteiger partial charge in [0.15, 0.2) is 18.1 Å². The lowest BCUT2D eigenvalue weighted by Crippen LogP contribution is -2.31. The molecule has 0 radical (unpaired) electrons. The van der Waals surface area contributed by atoms with Gasteiger partial charge in [-0.3, -0.25) is 4.79 Å². The predicted molar refractivity (Wildman–Crippen MR) is 88.0 cm³/mol. The third kappa shape index (κ3) is 4.39. The topological polar surface area (TPSA) is 56.8 Å². The van der Waals surface area contributed by atoms with Crippen LogP contribution in [0, 0.1) is 0 Å². The van der Waals surface area contributed by atoms with Crippen LogP contribution in [0.25, 0.3) is 0 Å². The first-order valence-electron chi connectivity index (χ1n) is 7.33. The molecule has 5 nitrogen and oxygen atoms in total. The molecule has 2 aromatic carbocycles. The van der Waals surface area contributed by atoms with Gasteiger partial charge in [0.1, 0.15) is 0 Å². The number of hydrogen-bond acceptors (Lipinski definition) is 4. The van der Waals surface area contributed by atoms with Crippen LogP contribution in [0.4, 0.5) is 0 Å². The molecule has 122 valence electrons. The second kappa shape index (κ2) is 8.08. The van der Waals surface area contributed by atoms with E-state index in [9.17, 15) is 4.79 Å². The Bertz CT molecular complexity index is 620. The normalized spacial score (nSPS) is 11.4. The number of carbonyl (C=O) groups excluding carboxylic acids is 1. The summed E-state index contributed by atoms with van der Waals surface area (Å²) in [6.07, 6.45) is 0. The molecule has 0 aliphatic carbocycles. The van der Waals surface area contributed by atoms with E-state index in [0.717, 1.165) is 5.56 Å². The molecule has 1 N–H and O–H groups in total. The molecule has 1 amide bonds. The molecule has 5 heteroatoms. The SMILES string of the molecule is COc1cccc(OC)c1OCC(=O)N[C@H](C)c1ccccc1. The summed E-state index contributed by atoms with van der Waals surface area (Å²) in [5.41, 5.74) is 1.04. The number of methoxy groups -OCH3 is 2. The Morgan fingerprint density at radius 2 is 1.61 bits per heavy atom. The molecule has 0 saturated heterocycles. The molecule has 0 unspecified atom stereocenters. The molecular weight excluding hydrogens is 294 g/mol. The molecule has 0 saturated carbocycles. The van der Waals surface area contributed by atoms with E-state index in [1.807, 2.05) is 37.3 Å². The van der Waals surface area contributed by atoms with Crippen LogP contribution in [0.1, 0.15) is 18.5 Å². The zero-order valence-corrected chi connectivity index (χ0v) is 13.5. The molecule has 2 rings (SSSR count). The lowest BCUT2D eigenvalue weighted by Gasteiger charge is -2.16. The third-order valence-electron chi connectivity index (χ3n) is 3.41. The van der Waals surface area contributed by atoms with Crippen LogP contribution in [0.3, 0.4) is 0 Å². The molecule has 0 aliphatic heterocycles. The highest BCUT2D eigenvalue weighted by Crippen LogP contribution is 2.36. The number of nitrogens with one attached hydrogen (secondary N) is 1. The van der Waals surface area contributed by atoms with Crippen molar-refractivity contribution in [1.82, 2.24) is 5.32 Å². The van der Waals surface area contributed by atoms with Gasteiger partial charge in [-0.25, -0.2) is 0 Å². The van der Waals surface area contributed by atoms with E-state index in [-0.39, 0.29) is 18.6 Å². The number of rotatable bonds is 7. The summed E-state index contributed by atoms with van der Waals surface area (Å²) < 4.78 is 16.1. The minimum absolute atomic E-state index is 0.0909. The van der Waals surface area contributed by atoms with Crippen LogP contribution in [0.5, 0.6) is 17.2 Å². The minimum atomic E-state index is -0.214. The summed E-state index contributed by atoms with van der Waals surface area (Å²) in [5.74, 6) is 1.25. The van der Waals surface area contributed by atoms with E-state index >= 15 is 0 Å². The van der Waals surface area contributed by atoms with Crippen LogP contribution < -0.4 is 19.5 Å². The fourth-order valence-corrected chi connectivity index (χ4v) is 2.21. The largest absolute Gasteiger partial charge is 0.493 e. The van der Waals surface area contributed by atoms with E-state index in [0.29, 0.717) is 17.2 Å². The molecule has 0 spiro atoms. The maximum absolute atomic E-state index is 12.1. The van der Waals surface area contributed by atoms with E-state index in [1.54, 1.807) is 32.4 Å². The Morgan fingerprint density at radius 1 is 1.00 bits per heavy atom. The van der Waals surface area contributed by atoms with E-state index < -0.39 is 0 Å². The number of amides is 1. The van der Waals surface area contributed by atoms with Crippen LogP contribution in [0.15, 0.2) is 48.5 Å². The summed E-state index contributed by atoms with van der Waals surface area (Å²) in [5, 5.41) is 2.90. The monoisotopic (exact) mass is 315 g/mol. The fourth-order valence-electron chi connectivity index (χ4n) is 2.21. The second-order valence-electron chi connectivity index (χ2n) is 4.98. The minimum Gasteiger partial charge on any atom is -0.493 e. The number of benzene rings is 2. The highest BCUT2D eigenvalue weighted by Gasteiger charge is 2.14. The van der Waals surface area contributed by atoms with E-state index in [2.05, 4.69) is 5.32 Å². The third-order valence-corrected chi connectivity index (χ3v) is 3.41. The summed E-state index contributed by atoms with van der Waals surface area (Å²) in [7, 11) is 3.08. The van der Waals surface area contributed by atoms with Crippen molar-refractivity contribution in [3.8, 4) is 17.2 Å². The van der Waals surface area contributed by atoms with Crippen LogP contribution in [0.2, 0.25) is 0 Å². The molecule has 0 aliphatic rings. The van der Waals surface area contributed by atoms with Gasteiger partial charge in [-0.15, -0.1) is 0 Å².